The lowest BCUT2D eigenvalue weighted by molar-refractivity contribution is -0.119. The Balaban J connectivity index is 1.82. The summed E-state index contributed by atoms with van der Waals surface area (Å²) in [7, 11) is 0. The number of carbonyl (C=O) groups is 1. The molecule has 1 aliphatic heterocycles. The third-order valence-electron chi connectivity index (χ3n) is 3.13. The summed E-state index contributed by atoms with van der Waals surface area (Å²) in [5.74, 6) is 0.805. The Hall–Kier alpha value is -1.75. The second kappa shape index (κ2) is 6.43. The van der Waals surface area contributed by atoms with Crippen molar-refractivity contribution in [1.82, 2.24) is 10.6 Å². The first kappa shape index (κ1) is 13.7. The van der Waals surface area contributed by atoms with Gasteiger partial charge in [-0.15, -0.1) is 0 Å². The van der Waals surface area contributed by atoms with Crippen LogP contribution in [0.5, 0.6) is 11.5 Å². The van der Waals surface area contributed by atoms with Crippen LogP contribution in [-0.4, -0.2) is 30.2 Å². The summed E-state index contributed by atoms with van der Waals surface area (Å²) < 4.78 is 5.34. The maximum atomic E-state index is 11.1. The summed E-state index contributed by atoms with van der Waals surface area (Å²) in [6, 6.07) is 5.56. The van der Waals surface area contributed by atoms with E-state index in [1.165, 1.54) is 0 Å². The van der Waals surface area contributed by atoms with E-state index in [0.29, 0.717) is 25.3 Å². The topological polar surface area (TPSA) is 70.6 Å². The molecule has 1 atom stereocenters. The largest absolute Gasteiger partial charge is 0.504 e. The molecule has 5 heteroatoms. The van der Waals surface area contributed by atoms with Crippen LogP contribution in [0.15, 0.2) is 18.2 Å². The maximum Gasteiger partial charge on any atom is 0.220 e. The molecule has 0 aromatic heterocycles. The van der Waals surface area contributed by atoms with E-state index in [2.05, 4.69) is 10.6 Å². The number of carbonyl (C=O) groups excluding carboxylic acids is 1. The summed E-state index contributed by atoms with van der Waals surface area (Å²) >= 11 is 0. The number of hydrogen-bond acceptors (Lipinski definition) is 4. The van der Waals surface area contributed by atoms with Gasteiger partial charge in [0.05, 0.1) is 6.61 Å². The van der Waals surface area contributed by atoms with E-state index in [9.17, 15) is 9.90 Å². The lowest BCUT2D eigenvalue weighted by atomic mass is 10.2. The zero-order chi connectivity index (χ0) is 13.7. The molecular formula is C14H20N2O3. The van der Waals surface area contributed by atoms with Gasteiger partial charge in [-0.1, -0.05) is 6.07 Å². The van der Waals surface area contributed by atoms with Crippen LogP contribution < -0.4 is 15.4 Å². The summed E-state index contributed by atoms with van der Waals surface area (Å²) in [5.41, 5.74) is 1.05. The molecule has 0 spiro atoms. The molecule has 1 amide bonds. The van der Waals surface area contributed by atoms with Crippen LogP contribution in [0.2, 0.25) is 0 Å². The highest BCUT2D eigenvalue weighted by molar-refractivity contribution is 5.78. The van der Waals surface area contributed by atoms with Gasteiger partial charge in [-0.3, -0.25) is 4.79 Å². The predicted octanol–water partition coefficient (Wildman–Crippen LogP) is 1.16. The van der Waals surface area contributed by atoms with Gasteiger partial charge in [-0.05, 0) is 31.0 Å². The molecule has 1 aromatic rings. The van der Waals surface area contributed by atoms with Crippen molar-refractivity contribution in [1.29, 1.82) is 0 Å². The Kier molecular flexibility index (Phi) is 4.63. The quantitative estimate of drug-likeness (QED) is 0.721. The molecule has 0 aliphatic carbocycles. The number of ether oxygens (including phenoxy) is 1. The first-order chi connectivity index (χ1) is 9.19. The molecule has 1 aromatic carbocycles. The number of phenolic OH excluding ortho intramolecular Hbond substituents is 1. The number of rotatable bonds is 6. The van der Waals surface area contributed by atoms with Crippen molar-refractivity contribution < 1.29 is 14.6 Å². The summed E-state index contributed by atoms with van der Waals surface area (Å²) in [6.45, 7) is 3.86. The molecule has 19 heavy (non-hydrogen) atoms. The molecule has 104 valence electrons. The second-order valence-electron chi connectivity index (χ2n) is 4.67. The van der Waals surface area contributed by atoms with Gasteiger partial charge in [0.25, 0.3) is 0 Å². The molecule has 0 saturated carbocycles. The smallest absolute Gasteiger partial charge is 0.220 e. The van der Waals surface area contributed by atoms with Crippen molar-refractivity contribution in [2.75, 3.05) is 13.2 Å². The number of hydrogen-bond donors (Lipinski definition) is 3. The van der Waals surface area contributed by atoms with Crippen molar-refractivity contribution in [2.45, 2.75) is 32.4 Å². The minimum absolute atomic E-state index is 0.134. The predicted molar refractivity (Wildman–Crippen MR) is 72.1 cm³/mol. The molecule has 0 bridgehead atoms. The van der Waals surface area contributed by atoms with Crippen LogP contribution in [0.3, 0.4) is 0 Å². The average molecular weight is 264 g/mol. The van der Waals surface area contributed by atoms with Gasteiger partial charge in [0.1, 0.15) is 0 Å². The molecule has 1 saturated heterocycles. The van der Waals surface area contributed by atoms with Gasteiger partial charge in [0.15, 0.2) is 11.5 Å². The van der Waals surface area contributed by atoms with Crippen molar-refractivity contribution in [2.24, 2.45) is 0 Å². The van der Waals surface area contributed by atoms with Crippen LogP contribution in [0.1, 0.15) is 25.3 Å². The van der Waals surface area contributed by atoms with Gasteiger partial charge >= 0.3 is 0 Å². The highest BCUT2D eigenvalue weighted by Crippen LogP contribution is 2.26. The fourth-order valence-electron chi connectivity index (χ4n) is 2.16. The van der Waals surface area contributed by atoms with Crippen molar-refractivity contribution in [3.05, 3.63) is 23.8 Å². The second-order valence-corrected chi connectivity index (χ2v) is 4.67. The SMILES string of the molecule is CCOc1cc(CNCC2CCC(=O)N2)ccc1O. The van der Waals surface area contributed by atoms with Gasteiger partial charge in [0.2, 0.25) is 5.91 Å². The van der Waals surface area contributed by atoms with Crippen LogP contribution >= 0.6 is 0 Å². The third-order valence-corrected chi connectivity index (χ3v) is 3.13. The molecule has 5 nitrogen and oxygen atoms in total. The summed E-state index contributed by atoms with van der Waals surface area (Å²) in [5, 5.41) is 15.8. The lowest BCUT2D eigenvalue weighted by Crippen LogP contribution is -2.35. The Morgan fingerprint density at radius 1 is 1.53 bits per heavy atom. The lowest BCUT2D eigenvalue weighted by Gasteiger charge is -2.12. The highest BCUT2D eigenvalue weighted by Gasteiger charge is 2.19. The number of aromatic hydroxyl groups is 1. The van der Waals surface area contributed by atoms with Gasteiger partial charge in [-0.25, -0.2) is 0 Å². The van der Waals surface area contributed by atoms with Crippen molar-refractivity contribution in [3.8, 4) is 11.5 Å². The molecule has 0 radical (unpaired) electrons. The number of amides is 1. The Morgan fingerprint density at radius 3 is 3.05 bits per heavy atom. The number of phenols is 1. The van der Waals surface area contributed by atoms with Crippen LogP contribution in [0.25, 0.3) is 0 Å². The highest BCUT2D eigenvalue weighted by atomic mass is 16.5. The van der Waals surface area contributed by atoms with Crippen molar-refractivity contribution in [3.63, 3.8) is 0 Å². The molecule has 1 aliphatic rings. The molecule has 3 N–H and O–H groups in total. The van der Waals surface area contributed by atoms with Crippen LogP contribution in [0.4, 0.5) is 0 Å². The van der Waals surface area contributed by atoms with Gasteiger partial charge in [0, 0.05) is 25.6 Å². The van der Waals surface area contributed by atoms with Crippen molar-refractivity contribution >= 4 is 5.91 Å². The van der Waals surface area contributed by atoms with E-state index in [1.807, 2.05) is 19.1 Å². The monoisotopic (exact) mass is 264 g/mol. The Labute approximate surface area is 113 Å². The minimum Gasteiger partial charge on any atom is -0.504 e. The normalized spacial score (nSPS) is 18.4. The van der Waals surface area contributed by atoms with E-state index >= 15 is 0 Å². The molecule has 1 unspecified atom stereocenters. The number of benzene rings is 1. The fraction of sp³-hybridized carbons (Fsp3) is 0.500. The first-order valence-corrected chi connectivity index (χ1v) is 6.64. The van der Waals surface area contributed by atoms with E-state index < -0.39 is 0 Å². The van der Waals surface area contributed by atoms with E-state index in [0.717, 1.165) is 18.5 Å². The van der Waals surface area contributed by atoms with Crippen LogP contribution in [0, 0.1) is 0 Å². The molecule has 2 rings (SSSR count). The fourth-order valence-corrected chi connectivity index (χ4v) is 2.16. The zero-order valence-electron chi connectivity index (χ0n) is 11.1. The minimum atomic E-state index is 0.134. The van der Waals surface area contributed by atoms with Crippen LogP contribution in [-0.2, 0) is 11.3 Å². The van der Waals surface area contributed by atoms with E-state index in [-0.39, 0.29) is 17.7 Å². The Bertz CT molecular complexity index is 448. The molecule has 1 fully saturated rings. The third kappa shape index (κ3) is 3.86. The standard InChI is InChI=1S/C14H20N2O3/c1-2-19-13-7-10(3-5-12(13)17)8-15-9-11-4-6-14(18)16-11/h3,5,7,11,15,17H,2,4,6,8-9H2,1H3,(H,16,18). The summed E-state index contributed by atoms with van der Waals surface area (Å²) in [4.78, 5) is 11.1. The Morgan fingerprint density at radius 2 is 2.37 bits per heavy atom. The van der Waals surface area contributed by atoms with Gasteiger partial charge < -0.3 is 20.5 Å². The first-order valence-electron chi connectivity index (χ1n) is 6.64. The maximum absolute atomic E-state index is 11.1. The number of nitrogens with one attached hydrogen (secondary N) is 2. The zero-order valence-corrected chi connectivity index (χ0v) is 11.1. The van der Waals surface area contributed by atoms with E-state index in [4.69, 9.17) is 4.74 Å². The molecule has 1 heterocycles. The summed E-state index contributed by atoms with van der Waals surface area (Å²) in [6.07, 6.45) is 1.52. The average Bonchev–Trinajstić information content (AvgIpc) is 2.79. The molecular weight excluding hydrogens is 244 g/mol. The van der Waals surface area contributed by atoms with Gasteiger partial charge in [-0.2, -0.15) is 0 Å². The van der Waals surface area contributed by atoms with E-state index in [1.54, 1.807) is 6.07 Å².